The molecule has 0 aromatic carbocycles. The Kier molecular flexibility index (Phi) is 6.38. The van der Waals surface area contributed by atoms with Crippen LogP contribution in [0.1, 0.15) is 51.1 Å². The lowest BCUT2D eigenvalue weighted by Gasteiger charge is -2.20. The van der Waals surface area contributed by atoms with Gasteiger partial charge >= 0.3 is 0 Å². The zero-order chi connectivity index (χ0) is 14.3. The summed E-state index contributed by atoms with van der Waals surface area (Å²) >= 11 is 0. The quantitative estimate of drug-likeness (QED) is 0.741. The summed E-state index contributed by atoms with van der Waals surface area (Å²) in [5.74, 6) is 0. The van der Waals surface area contributed by atoms with Crippen LogP contribution in [0.15, 0.2) is 6.07 Å². The topological polar surface area (TPSA) is 49.8 Å². The Morgan fingerprint density at radius 3 is 2.53 bits per heavy atom. The van der Waals surface area contributed by atoms with Crippen molar-refractivity contribution in [2.45, 2.75) is 59.5 Å². The SMILES string of the molecule is CCc1nnc(C)cc1CNCCCNC(C)(C)C. The van der Waals surface area contributed by atoms with Gasteiger partial charge in [-0.1, -0.05) is 6.92 Å². The summed E-state index contributed by atoms with van der Waals surface area (Å²) in [5.41, 5.74) is 3.58. The van der Waals surface area contributed by atoms with Crippen molar-refractivity contribution in [1.29, 1.82) is 0 Å². The number of hydrogen-bond acceptors (Lipinski definition) is 4. The second-order valence-corrected chi connectivity index (χ2v) is 6.02. The van der Waals surface area contributed by atoms with Crippen molar-refractivity contribution >= 4 is 0 Å². The molecule has 0 bridgehead atoms. The first-order valence-corrected chi connectivity index (χ1v) is 7.20. The molecule has 108 valence electrons. The van der Waals surface area contributed by atoms with Crippen molar-refractivity contribution in [1.82, 2.24) is 20.8 Å². The molecule has 0 saturated carbocycles. The van der Waals surface area contributed by atoms with Gasteiger partial charge in [0.05, 0.1) is 11.4 Å². The number of aromatic nitrogens is 2. The van der Waals surface area contributed by atoms with Gasteiger partial charge in [-0.15, -0.1) is 0 Å². The van der Waals surface area contributed by atoms with Gasteiger partial charge in [-0.3, -0.25) is 0 Å². The normalized spacial score (nSPS) is 11.8. The first kappa shape index (κ1) is 16.1. The van der Waals surface area contributed by atoms with E-state index in [9.17, 15) is 0 Å². The minimum absolute atomic E-state index is 0.210. The first-order chi connectivity index (χ1) is 8.92. The maximum Gasteiger partial charge on any atom is 0.0673 e. The van der Waals surface area contributed by atoms with Crippen LogP contribution in [0.2, 0.25) is 0 Å². The van der Waals surface area contributed by atoms with E-state index in [0.717, 1.165) is 43.9 Å². The number of aryl methyl sites for hydroxylation is 2. The Bertz CT molecular complexity index is 382. The lowest BCUT2D eigenvalue weighted by atomic mass is 10.1. The average Bonchev–Trinajstić information content (AvgIpc) is 2.32. The van der Waals surface area contributed by atoms with Crippen molar-refractivity contribution in [3.63, 3.8) is 0 Å². The maximum atomic E-state index is 4.24. The number of hydrogen-bond donors (Lipinski definition) is 2. The van der Waals surface area contributed by atoms with E-state index in [4.69, 9.17) is 0 Å². The van der Waals surface area contributed by atoms with E-state index in [1.165, 1.54) is 5.56 Å². The maximum absolute atomic E-state index is 4.24. The van der Waals surface area contributed by atoms with Crippen molar-refractivity contribution in [2.75, 3.05) is 13.1 Å². The molecule has 0 aliphatic heterocycles. The predicted molar refractivity (Wildman–Crippen MR) is 80.2 cm³/mol. The summed E-state index contributed by atoms with van der Waals surface area (Å²) in [6, 6.07) is 2.13. The summed E-state index contributed by atoms with van der Waals surface area (Å²) < 4.78 is 0. The molecule has 4 nitrogen and oxygen atoms in total. The predicted octanol–water partition coefficient (Wildman–Crippen LogP) is 2.22. The largest absolute Gasteiger partial charge is 0.313 e. The third kappa shape index (κ3) is 6.64. The molecule has 0 radical (unpaired) electrons. The molecule has 0 saturated heterocycles. The third-order valence-corrected chi connectivity index (χ3v) is 2.92. The summed E-state index contributed by atoms with van der Waals surface area (Å²) in [5, 5.41) is 15.3. The molecule has 1 aromatic heterocycles. The van der Waals surface area contributed by atoms with Crippen LogP contribution in [0.5, 0.6) is 0 Å². The Morgan fingerprint density at radius 2 is 1.89 bits per heavy atom. The minimum atomic E-state index is 0.210. The Morgan fingerprint density at radius 1 is 1.16 bits per heavy atom. The third-order valence-electron chi connectivity index (χ3n) is 2.92. The van der Waals surface area contributed by atoms with Crippen LogP contribution in [-0.4, -0.2) is 28.8 Å². The van der Waals surface area contributed by atoms with Crippen LogP contribution < -0.4 is 10.6 Å². The van der Waals surface area contributed by atoms with Gasteiger partial charge in [0.1, 0.15) is 0 Å². The van der Waals surface area contributed by atoms with Crippen LogP contribution >= 0.6 is 0 Å². The molecule has 0 unspecified atom stereocenters. The molecule has 0 aliphatic rings. The van der Waals surface area contributed by atoms with Gasteiger partial charge in [-0.05, 0) is 65.3 Å². The average molecular weight is 264 g/mol. The first-order valence-electron chi connectivity index (χ1n) is 7.20. The Hall–Kier alpha value is -1.00. The van der Waals surface area contributed by atoms with Gasteiger partial charge in [0.2, 0.25) is 0 Å². The number of rotatable bonds is 7. The van der Waals surface area contributed by atoms with Crippen molar-refractivity contribution in [2.24, 2.45) is 0 Å². The summed E-state index contributed by atoms with van der Waals surface area (Å²) in [6.07, 6.45) is 2.08. The summed E-state index contributed by atoms with van der Waals surface area (Å²) in [7, 11) is 0. The Balaban J connectivity index is 2.28. The molecule has 4 heteroatoms. The van der Waals surface area contributed by atoms with E-state index < -0.39 is 0 Å². The fourth-order valence-corrected chi connectivity index (χ4v) is 1.92. The van der Waals surface area contributed by atoms with E-state index >= 15 is 0 Å². The standard InChI is InChI=1S/C15H28N4/c1-6-14-13(10-12(2)18-19-14)11-16-8-7-9-17-15(3,4)5/h10,16-17H,6-9,11H2,1-5H3. The summed E-state index contributed by atoms with van der Waals surface area (Å²) in [6.45, 7) is 13.6. The van der Waals surface area contributed by atoms with Crippen molar-refractivity contribution in [3.05, 3.63) is 23.0 Å². The second-order valence-electron chi connectivity index (χ2n) is 6.02. The van der Waals surface area contributed by atoms with Crippen molar-refractivity contribution in [3.8, 4) is 0 Å². The smallest absolute Gasteiger partial charge is 0.0673 e. The van der Waals surface area contributed by atoms with Crippen LogP contribution in [0.3, 0.4) is 0 Å². The van der Waals surface area contributed by atoms with Gasteiger partial charge in [0, 0.05) is 12.1 Å². The second kappa shape index (κ2) is 7.56. The molecule has 0 aliphatic carbocycles. The zero-order valence-corrected chi connectivity index (χ0v) is 13.0. The van der Waals surface area contributed by atoms with Gasteiger partial charge in [-0.2, -0.15) is 10.2 Å². The molecule has 0 spiro atoms. The van der Waals surface area contributed by atoms with E-state index in [1.54, 1.807) is 0 Å². The van der Waals surface area contributed by atoms with Crippen LogP contribution in [0, 0.1) is 6.92 Å². The fraction of sp³-hybridized carbons (Fsp3) is 0.733. The number of nitrogens with zero attached hydrogens (tertiary/aromatic N) is 2. The zero-order valence-electron chi connectivity index (χ0n) is 13.0. The number of nitrogens with one attached hydrogen (secondary N) is 2. The molecular weight excluding hydrogens is 236 g/mol. The fourth-order valence-electron chi connectivity index (χ4n) is 1.92. The lowest BCUT2D eigenvalue weighted by Crippen LogP contribution is -2.37. The molecule has 0 amide bonds. The van der Waals surface area contributed by atoms with Crippen LogP contribution in [0.25, 0.3) is 0 Å². The summed E-state index contributed by atoms with van der Waals surface area (Å²) in [4.78, 5) is 0. The molecular formula is C15H28N4. The monoisotopic (exact) mass is 264 g/mol. The van der Waals surface area contributed by atoms with Crippen molar-refractivity contribution < 1.29 is 0 Å². The minimum Gasteiger partial charge on any atom is -0.313 e. The molecule has 2 N–H and O–H groups in total. The van der Waals surface area contributed by atoms with Crippen LogP contribution in [-0.2, 0) is 13.0 Å². The van der Waals surface area contributed by atoms with Gasteiger partial charge in [0.25, 0.3) is 0 Å². The molecule has 0 fully saturated rings. The molecule has 1 aromatic rings. The highest BCUT2D eigenvalue weighted by Gasteiger charge is 2.07. The van der Waals surface area contributed by atoms with E-state index in [-0.39, 0.29) is 5.54 Å². The molecule has 19 heavy (non-hydrogen) atoms. The highest BCUT2D eigenvalue weighted by molar-refractivity contribution is 5.20. The van der Waals surface area contributed by atoms with E-state index in [1.807, 2.05) is 6.92 Å². The highest BCUT2D eigenvalue weighted by Crippen LogP contribution is 2.07. The van der Waals surface area contributed by atoms with E-state index in [2.05, 4.69) is 54.6 Å². The van der Waals surface area contributed by atoms with Gasteiger partial charge < -0.3 is 10.6 Å². The molecule has 1 heterocycles. The molecule has 0 atom stereocenters. The lowest BCUT2D eigenvalue weighted by molar-refractivity contribution is 0.418. The van der Waals surface area contributed by atoms with Crippen LogP contribution in [0.4, 0.5) is 0 Å². The van der Waals surface area contributed by atoms with E-state index in [0.29, 0.717) is 0 Å². The van der Waals surface area contributed by atoms with Gasteiger partial charge in [0.15, 0.2) is 0 Å². The van der Waals surface area contributed by atoms with Gasteiger partial charge in [-0.25, -0.2) is 0 Å². The molecule has 1 rings (SSSR count). The highest BCUT2D eigenvalue weighted by atomic mass is 15.1. The Labute approximate surface area is 117 Å².